The van der Waals surface area contributed by atoms with Crippen LogP contribution < -0.4 is 5.32 Å². The maximum absolute atomic E-state index is 12.7. The number of carbonyl (C=O) groups is 4. The minimum atomic E-state index is -0.189. The molecular weight excluding hydrogens is 410 g/mol. The normalized spacial score (nSPS) is 19.5. The number of imide groups is 1. The van der Waals surface area contributed by atoms with Gasteiger partial charge in [-0.15, -0.1) is 0 Å². The smallest absolute Gasteiger partial charge is 0.229 e. The molecule has 1 aromatic heterocycles. The first-order chi connectivity index (χ1) is 15.4. The summed E-state index contributed by atoms with van der Waals surface area (Å²) in [6.45, 7) is 3.20. The molecule has 2 N–H and O–H groups in total. The van der Waals surface area contributed by atoms with Gasteiger partial charge in [0, 0.05) is 51.0 Å². The van der Waals surface area contributed by atoms with Gasteiger partial charge in [-0.3, -0.25) is 24.1 Å². The largest absolute Gasteiger partial charge is 0.342 e. The maximum Gasteiger partial charge on any atom is 0.229 e. The number of aromatic nitrogens is 2. The number of imidazole rings is 1. The number of hydrogen-bond acceptors (Lipinski definition) is 5. The lowest BCUT2D eigenvalue weighted by molar-refractivity contribution is -0.148. The Kier molecular flexibility index (Phi) is 6.53. The number of rotatable bonds is 6. The highest BCUT2D eigenvalue weighted by atomic mass is 16.2. The van der Waals surface area contributed by atoms with Crippen LogP contribution in [0, 0.1) is 12.8 Å². The number of likely N-dealkylation sites (tertiary alicyclic amines) is 2. The van der Waals surface area contributed by atoms with E-state index in [0.29, 0.717) is 44.5 Å². The standard InChI is InChI=1S/C23H29N5O4/c1-15-24-18-8-7-17(13-19(18)25-15)26-20(29)12-16-4-3-10-27(14-16)21(30)9-11-28-22(31)5-2-6-23(28)32/h7-8,13,16H,2-6,9-12,14H2,1H3,(H,24,25)(H,26,29)/t16-/m0/s1. The van der Waals surface area contributed by atoms with Crippen molar-refractivity contribution in [2.45, 2.75) is 51.9 Å². The average molecular weight is 440 g/mol. The zero-order valence-electron chi connectivity index (χ0n) is 18.4. The summed E-state index contributed by atoms with van der Waals surface area (Å²) in [6.07, 6.45) is 3.53. The lowest BCUT2D eigenvalue weighted by Crippen LogP contribution is -2.45. The van der Waals surface area contributed by atoms with Gasteiger partial charge in [0.05, 0.1) is 11.0 Å². The van der Waals surface area contributed by atoms with Crippen molar-refractivity contribution in [3.05, 3.63) is 24.0 Å². The fourth-order valence-electron chi connectivity index (χ4n) is 4.56. The Morgan fingerprint density at radius 3 is 2.75 bits per heavy atom. The average Bonchev–Trinajstić information content (AvgIpc) is 3.12. The molecule has 1 atom stereocenters. The van der Waals surface area contributed by atoms with Gasteiger partial charge in [-0.05, 0) is 50.3 Å². The van der Waals surface area contributed by atoms with Crippen LogP contribution >= 0.6 is 0 Å². The third-order valence-electron chi connectivity index (χ3n) is 6.16. The summed E-state index contributed by atoms with van der Waals surface area (Å²) in [5.41, 5.74) is 2.45. The monoisotopic (exact) mass is 439 g/mol. The van der Waals surface area contributed by atoms with E-state index in [-0.39, 0.29) is 42.5 Å². The van der Waals surface area contributed by atoms with Gasteiger partial charge in [0.2, 0.25) is 23.6 Å². The molecule has 2 aliphatic heterocycles. The van der Waals surface area contributed by atoms with Crippen LogP contribution in [0.2, 0.25) is 0 Å². The molecule has 170 valence electrons. The molecule has 2 aliphatic rings. The fraction of sp³-hybridized carbons (Fsp3) is 0.522. The molecule has 0 radical (unpaired) electrons. The fourth-order valence-corrected chi connectivity index (χ4v) is 4.56. The van der Waals surface area contributed by atoms with Gasteiger partial charge in [0.15, 0.2) is 0 Å². The number of nitrogens with one attached hydrogen (secondary N) is 2. The molecule has 0 unspecified atom stereocenters. The second-order valence-corrected chi connectivity index (χ2v) is 8.70. The predicted octanol–water partition coefficient (Wildman–Crippen LogP) is 2.37. The Labute approximate surface area is 186 Å². The van der Waals surface area contributed by atoms with E-state index in [1.165, 1.54) is 4.90 Å². The van der Waals surface area contributed by atoms with Gasteiger partial charge in [-0.1, -0.05) is 0 Å². The molecule has 9 heteroatoms. The van der Waals surface area contributed by atoms with Gasteiger partial charge in [-0.2, -0.15) is 0 Å². The summed E-state index contributed by atoms with van der Waals surface area (Å²) in [4.78, 5) is 59.6. The number of anilines is 1. The van der Waals surface area contributed by atoms with Crippen LogP contribution in [-0.2, 0) is 19.2 Å². The van der Waals surface area contributed by atoms with Crippen LogP contribution in [0.1, 0.15) is 50.8 Å². The van der Waals surface area contributed by atoms with Crippen LogP contribution in [0.5, 0.6) is 0 Å². The molecular formula is C23H29N5O4. The third-order valence-corrected chi connectivity index (χ3v) is 6.16. The summed E-state index contributed by atoms with van der Waals surface area (Å²) in [5.74, 6) is 0.385. The number of benzene rings is 1. The number of nitrogens with zero attached hydrogens (tertiary/aromatic N) is 3. The van der Waals surface area contributed by atoms with Crippen molar-refractivity contribution in [3.63, 3.8) is 0 Å². The summed E-state index contributed by atoms with van der Waals surface area (Å²) < 4.78 is 0. The minimum Gasteiger partial charge on any atom is -0.342 e. The van der Waals surface area contributed by atoms with Crippen molar-refractivity contribution >= 4 is 40.3 Å². The molecule has 0 bridgehead atoms. The molecule has 0 spiro atoms. The van der Waals surface area contributed by atoms with Crippen molar-refractivity contribution in [2.24, 2.45) is 5.92 Å². The molecule has 4 rings (SSSR count). The van der Waals surface area contributed by atoms with Crippen LogP contribution in [0.3, 0.4) is 0 Å². The van der Waals surface area contributed by atoms with Crippen LogP contribution in [0.4, 0.5) is 5.69 Å². The molecule has 2 aromatic rings. The quantitative estimate of drug-likeness (QED) is 0.671. The minimum absolute atomic E-state index is 0.0682. The number of piperidine rings is 2. The van der Waals surface area contributed by atoms with E-state index in [0.717, 1.165) is 29.7 Å². The van der Waals surface area contributed by atoms with Gasteiger partial charge in [-0.25, -0.2) is 4.98 Å². The molecule has 32 heavy (non-hydrogen) atoms. The van der Waals surface area contributed by atoms with E-state index < -0.39 is 0 Å². The molecule has 9 nitrogen and oxygen atoms in total. The second kappa shape index (κ2) is 9.50. The lowest BCUT2D eigenvalue weighted by Gasteiger charge is -2.33. The van der Waals surface area contributed by atoms with Crippen molar-refractivity contribution in [1.29, 1.82) is 0 Å². The van der Waals surface area contributed by atoms with Gasteiger partial charge in [0.1, 0.15) is 5.82 Å². The first kappa shape index (κ1) is 22.0. The highest BCUT2D eigenvalue weighted by Crippen LogP contribution is 2.23. The highest BCUT2D eigenvalue weighted by molar-refractivity contribution is 5.98. The first-order valence-corrected chi connectivity index (χ1v) is 11.3. The summed E-state index contributed by atoms with van der Waals surface area (Å²) in [5, 5.41) is 2.94. The highest BCUT2D eigenvalue weighted by Gasteiger charge is 2.29. The Hall–Kier alpha value is -3.23. The Bertz CT molecular complexity index is 1030. The Morgan fingerprint density at radius 2 is 1.97 bits per heavy atom. The van der Waals surface area contributed by atoms with E-state index in [2.05, 4.69) is 15.3 Å². The molecule has 0 aliphatic carbocycles. The van der Waals surface area contributed by atoms with Gasteiger partial charge >= 0.3 is 0 Å². The summed E-state index contributed by atoms with van der Waals surface area (Å²) in [6, 6.07) is 5.57. The summed E-state index contributed by atoms with van der Waals surface area (Å²) >= 11 is 0. The number of hydrogen-bond donors (Lipinski definition) is 2. The molecule has 3 heterocycles. The second-order valence-electron chi connectivity index (χ2n) is 8.70. The number of amides is 4. The third kappa shape index (κ3) is 5.15. The van der Waals surface area contributed by atoms with E-state index in [1.807, 2.05) is 25.1 Å². The molecule has 2 saturated heterocycles. The van der Waals surface area contributed by atoms with Crippen molar-refractivity contribution < 1.29 is 19.2 Å². The molecule has 0 saturated carbocycles. The topological polar surface area (TPSA) is 115 Å². The van der Waals surface area contributed by atoms with Gasteiger partial charge < -0.3 is 15.2 Å². The number of fused-ring (bicyclic) bond motifs is 1. The van der Waals surface area contributed by atoms with Gasteiger partial charge in [0.25, 0.3) is 0 Å². The molecule has 4 amide bonds. The molecule has 2 fully saturated rings. The number of carbonyl (C=O) groups excluding carboxylic acids is 4. The molecule has 1 aromatic carbocycles. The lowest BCUT2D eigenvalue weighted by atomic mass is 9.94. The SMILES string of the molecule is Cc1nc2ccc(NC(=O)C[C@@H]3CCCN(C(=O)CCN4C(=O)CCCC4=O)C3)cc2[nH]1. The number of aryl methyl sites for hydroxylation is 1. The van der Waals surface area contributed by atoms with Crippen molar-refractivity contribution in [2.75, 3.05) is 25.0 Å². The zero-order chi connectivity index (χ0) is 22.7. The van der Waals surface area contributed by atoms with Crippen LogP contribution in [0.15, 0.2) is 18.2 Å². The number of aromatic amines is 1. The van der Waals surface area contributed by atoms with E-state index in [9.17, 15) is 19.2 Å². The van der Waals surface area contributed by atoms with E-state index >= 15 is 0 Å². The Morgan fingerprint density at radius 1 is 1.19 bits per heavy atom. The van der Waals surface area contributed by atoms with Crippen molar-refractivity contribution in [1.82, 2.24) is 19.8 Å². The van der Waals surface area contributed by atoms with E-state index in [4.69, 9.17) is 0 Å². The van der Waals surface area contributed by atoms with Crippen molar-refractivity contribution in [3.8, 4) is 0 Å². The maximum atomic E-state index is 12.7. The summed E-state index contributed by atoms with van der Waals surface area (Å²) in [7, 11) is 0. The first-order valence-electron chi connectivity index (χ1n) is 11.3. The van der Waals surface area contributed by atoms with E-state index in [1.54, 1.807) is 4.90 Å². The van der Waals surface area contributed by atoms with Crippen LogP contribution in [0.25, 0.3) is 11.0 Å². The number of H-pyrrole nitrogens is 1. The van der Waals surface area contributed by atoms with Crippen LogP contribution in [-0.4, -0.2) is 63.0 Å². The predicted molar refractivity (Wildman–Crippen MR) is 119 cm³/mol. The zero-order valence-corrected chi connectivity index (χ0v) is 18.4. The Balaban J connectivity index is 1.27.